The second-order valence-electron chi connectivity index (χ2n) is 6.95. The monoisotopic (exact) mass is 326 g/mol. The van der Waals surface area contributed by atoms with E-state index in [1.807, 2.05) is 30.3 Å². The van der Waals surface area contributed by atoms with E-state index in [0.29, 0.717) is 24.3 Å². The van der Waals surface area contributed by atoms with E-state index in [9.17, 15) is 4.79 Å². The number of nitrogens with one attached hydrogen (secondary N) is 1. The van der Waals surface area contributed by atoms with Crippen molar-refractivity contribution < 1.29 is 9.53 Å². The number of nitrogens with two attached hydrogens (primary N) is 1. The number of anilines is 2. The van der Waals surface area contributed by atoms with Crippen molar-refractivity contribution in [1.29, 1.82) is 0 Å². The van der Waals surface area contributed by atoms with Crippen LogP contribution in [0.1, 0.15) is 38.3 Å². The van der Waals surface area contributed by atoms with Crippen molar-refractivity contribution in [3.8, 4) is 5.75 Å². The van der Waals surface area contributed by atoms with Gasteiger partial charge in [-0.05, 0) is 47.2 Å². The van der Waals surface area contributed by atoms with E-state index < -0.39 is 0 Å². The molecule has 4 nitrogen and oxygen atoms in total. The van der Waals surface area contributed by atoms with Crippen molar-refractivity contribution in [3.05, 3.63) is 53.6 Å². The van der Waals surface area contributed by atoms with E-state index >= 15 is 0 Å². The maximum Gasteiger partial charge on any atom is 0.224 e. The third-order valence-electron chi connectivity index (χ3n) is 3.97. The largest absolute Gasteiger partial charge is 0.495 e. The number of amides is 1. The zero-order valence-corrected chi connectivity index (χ0v) is 14.8. The van der Waals surface area contributed by atoms with Crippen LogP contribution in [0.2, 0.25) is 0 Å². The van der Waals surface area contributed by atoms with Crippen molar-refractivity contribution in [3.63, 3.8) is 0 Å². The lowest BCUT2D eigenvalue weighted by Crippen LogP contribution is -2.14. The summed E-state index contributed by atoms with van der Waals surface area (Å²) in [6, 6.07) is 13.6. The van der Waals surface area contributed by atoms with Crippen molar-refractivity contribution in [1.82, 2.24) is 0 Å². The van der Waals surface area contributed by atoms with Crippen LogP contribution in [0.25, 0.3) is 0 Å². The Morgan fingerprint density at radius 1 is 1.12 bits per heavy atom. The Bertz CT molecular complexity index is 701. The Kier molecular flexibility index (Phi) is 5.50. The van der Waals surface area contributed by atoms with Crippen LogP contribution in [0.4, 0.5) is 11.4 Å². The number of carbonyl (C=O) groups excluding carboxylic acids is 1. The van der Waals surface area contributed by atoms with Gasteiger partial charge in [-0.15, -0.1) is 0 Å². The molecule has 1 amide bonds. The quantitative estimate of drug-likeness (QED) is 0.811. The molecule has 128 valence electrons. The molecule has 0 saturated heterocycles. The highest BCUT2D eigenvalue weighted by Gasteiger charge is 2.13. The summed E-state index contributed by atoms with van der Waals surface area (Å²) in [6.07, 6.45) is 1.05. The van der Waals surface area contributed by atoms with E-state index in [2.05, 4.69) is 38.2 Å². The number of hydrogen-bond acceptors (Lipinski definition) is 3. The predicted octanol–water partition coefficient (Wildman–Crippen LogP) is 4.15. The lowest BCUT2D eigenvalue weighted by atomic mass is 9.87. The van der Waals surface area contributed by atoms with Crippen LogP contribution in [0, 0.1) is 0 Å². The van der Waals surface area contributed by atoms with Crippen molar-refractivity contribution in [2.45, 2.75) is 39.0 Å². The number of aryl methyl sites for hydroxylation is 1. The molecule has 0 aliphatic heterocycles. The molecule has 4 heteroatoms. The van der Waals surface area contributed by atoms with Gasteiger partial charge in [0.15, 0.2) is 0 Å². The van der Waals surface area contributed by atoms with Crippen LogP contribution in [-0.4, -0.2) is 13.0 Å². The van der Waals surface area contributed by atoms with Gasteiger partial charge < -0.3 is 15.8 Å². The number of ether oxygens (including phenoxy) is 1. The standard InChI is InChI=1S/C20H26N2O2/c1-20(2,3)15-7-9-16(10-8-15)22-19(23)12-6-14-5-11-18(24-4)17(21)13-14/h5,7-11,13H,6,12,21H2,1-4H3,(H,22,23). The van der Waals surface area contributed by atoms with Gasteiger partial charge in [-0.25, -0.2) is 0 Å². The van der Waals surface area contributed by atoms with Crippen LogP contribution >= 0.6 is 0 Å². The zero-order valence-electron chi connectivity index (χ0n) is 14.8. The fraction of sp³-hybridized carbons (Fsp3) is 0.350. The number of benzene rings is 2. The summed E-state index contributed by atoms with van der Waals surface area (Å²) in [7, 11) is 1.59. The number of methoxy groups -OCH3 is 1. The first-order valence-corrected chi connectivity index (χ1v) is 8.12. The average molecular weight is 326 g/mol. The van der Waals surface area contributed by atoms with Crippen LogP contribution in [0.3, 0.4) is 0 Å². The third-order valence-corrected chi connectivity index (χ3v) is 3.97. The summed E-state index contributed by atoms with van der Waals surface area (Å²) >= 11 is 0. The van der Waals surface area contributed by atoms with Crippen LogP contribution in [0.5, 0.6) is 5.75 Å². The van der Waals surface area contributed by atoms with Gasteiger partial charge in [-0.1, -0.05) is 39.0 Å². The maximum absolute atomic E-state index is 12.1. The molecule has 0 saturated carbocycles. The minimum atomic E-state index is -0.00658. The topological polar surface area (TPSA) is 64.3 Å². The molecule has 3 N–H and O–H groups in total. The van der Waals surface area contributed by atoms with Crippen LogP contribution in [0.15, 0.2) is 42.5 Å². The fourth-order valence-electron chi connectivity index (χ4n) is 2.47. The molecular weight excluding hydrogens is 300 g/mol. The SMILES string of the molecule is COc1ccc(CCC(=O)Nc2ccc(C(C)(C)C)cc2)cc1N. The molecule has 2 rings (SSSR count). The summed E-state index contributed by atoms with van der Waals surface area (Å²) in [4.78, 5) is 12.1. The van der Waals surface area contributed by atoms with Crippen molar-refractivity contribution in [2.75, 3.05) is 18.2 Å². The van der Waals surface area contributed by atoms with Gasteiger partial charge >= 0.3 is 0 Å². The Hall–Kier alpha value is -2.49. The summed E-state index contributed by atoms with van der Waals surface area (Å²) < 4.78 is 5.13. The molecule has 0 aliphatic rings. The molecule has 0 unspecified atom stereocenters. The van der Waals surface area contributed by atoms with E-state index in [4.69, 9.17) is 10.5 Å². The number of rotatable bonds is 5. The Morgan fingerprint density at radius 2 is 1.79 bits per heavy atom. The maximum atomic E-state index is 12.1. The molecule has 0 bridgehead atoms. The highest BCUT2D eigenvalue weighted by Crippen LogP contribution is 2.24. The summed E-state index contributed by atoms with van der Waals surface area (Å²) in [5, 5.41) is 2.93. The first-order valence-electron chi connectivity index (χ1n) is 8.12. The molecule has 0 radical (unpaired) electrons. The predicted molar refractivity (Wildman–Crippen MR) is 99.5 cm³/mol. The molecule has 2 aromatic rings. The molecule has 0 atom stereocenters. The van der Waals surface area contributed by atoms with E-state index in [1.165, 1.54) is 5.56 Å². The van der Waals surface area contributed by atoms with E-state index in [0.717, 1.165) is 11.3 Å². The Balaban J connectivity index is 1.90. The molecule has 0 fully saturated rings. The molecule has 0 heterocycles. The summed E-state index contributed by atoms with van der Waals surface area (Å²) in [5.41, 5.74) is 9.67. The lowest BCUT2D eigenvalue weighted by Gasteiger charge is -2.19. The second-order valence-corrected chi connectivity index (χ2v) is 6.95. The van der Waals surface area contributed by atoms with Crippen molar-refractivity contribution >= 4 is 17.3 Å². The normalized spacial score (nSPS) is 11.2. The first-order chi connectivity index (χ1) is 11.3. The van der Waals surface area contributed by atoms with E-state index in [-0.39, 0.29) is 11.3 Å². The van der Waals surface area contributed by atoms with Gasteiger partial charge in [-0.3, -0.25) is 4.79 Å². The van der Waals surface area contributed by atoms with Crippen molar-refractivity contribution in [2.24, 2.45) is 0 Å². The zero-order chi connectivity index (χ0) is 17.7. The third kappa shape index (κ3) is 4.75. The minimum absolute atomic E-state index is 0.00658. The molecule has 0 aromatic heterocycles. The number of hydrogen-bond donors (Lipinski definition) is 2. The minimum Gasteiger partial charge on any atom is -0.495 e. The van der Waals surface area contributed by atoms with Gasteiger partial charge in [0.05, 0.1) is 12.8 Å². The number of carbonyl (C=O) groups is 1. The van der Waals surface area contributed by atoms with Crippen LogP contribution in [-0.2, 0) is 16.6 Å². The number of nitrogen functional groups attached to an aromatic ring is 1. The van der Waals surface area contributed by atoms with E-state index in [1.54, 1.807) is 7.11 Å². The summed E-state index contributed by atoms with van der Waals surface area (Å²) in [5.74, 6) is 0.648. The van der Waals surface area contributed by atoms with Gasteiger partial charge in [-0.2, -0.15) is 0 Å². The van der Waals surface area contributed by atoms with Gasteiger partial charge in [0.1, 0.15) is 5.75 Å². The molecule has 2 aromatic carbocycles. The van der Waals surface area contributed by atoms with Gasteiger partial charge in [0.2, 0.25) is 5.91 Å². The average Bonchev–Trinajstić information content (AvgIpc) is 2.53. The Labute approximate surface area is 144 Å². The lowest BCUT2D eigenvalue weighted by molar-refractivity contribution is -0.116. The highest BCUT2D eigenvalue weighted by molar-refractivity contribution is 5.90. The summed E-state index contributed by atoms with van der Waals surface area (Å²) in [6.45, 7) is 6.50. The highest BCUT2D eigenvalue weighted by atomic mass is 16.5. The first kappa shape index (κ1) is 17.9. The molecular formula is C20H26N2O2. The van der Waals surface area contributed by atoms with Gasteiger partial charge in [0.25, 0.3) is 0 Å². The molecule has 0 aliphatic carbocycles. The molecule has 24 heavy (non-hydrogen) atoms. The second kappa shape index (κ2) is 7.39. The Morgan fingerprint density at radius 3 is 2.33 bits per heavy atom. The molecule has 0 spiro atoms. The van der Waals surface area contributed by atoms with Crippen LogP contribution < -0.4 is 15.8 Å². The smallest absolute Gasteiger partial charge is 0.224 e. The fourth-order valence-corrected chi connectivity index (χ4v) is 2.47. The van der Waals surface area contributed by atoms with Gasteiger partial charge in [0, 0.05) is 12.1 Å².